The molecule has 23 heavy (non-hydrogen) atoms. The van der Waals surface area contributed by atoms with Crippen LogP contribution in [0, 0.1) is 11.3 Å². The van der Waals surface area contributed by atoms with Crippen molar-refractivity contribution >= 4 is 10.2 Å². The van der Waals surface area contributed by atoms with Crippen LogP contribution in [0.15, 0.2) is 0 Å². The molecule has 3 atom stereocenters. The van der Waals surface area contributed by atoms with Crippen molar-refractivity contribution in [2.24, 2.45) is 11.3 Å². The minimum Gasteiger partial charge on any atom is -0.378 e. The van der Waals surface area contributed by atoms with Gasteiger partial charge in [0.2, 0.25) is 0 Å². The molecule has 1 saturated heterocycles. The van der Waals surface area contributed by atoms with E-state index in [1.165, 1.54) is 12.8 Å². The lowest BCUT2D eigenvalue weighted by atomic mass is 9.60. The first-order chi connectivity index (χ1) is 10.9. The molecule has 0 aromatic rings. The molecule has 0 amide bonds. The lowest BCUT2D eigenvalue weighted by molar-refractivity contribution is -0.146. The quantitative estimate of drug-likeness (QED) is 0.770. The van der Waals surface area contributed by atoms with Crippen LogP contribution in [0.3, 0.4) is 0 Å². The minimum atomic E-state index is -3.35. The standard InChI is InChI=1S/C17H32N2O3S/c1-4-22-16-12-15(17(16)9-5-6-10-17)18(3)23(20,21)19-11-7-8-14(2)13-19/h14-16H,4-13H2,1-3H3/t14-,15-,16-/m1/s1. The van der Waals surface area contributed by atoms with Gasteiger partial charge < -0.3 is 4.74 Å². The highest BCUT2D eigenvalue weighted by Gasteiger charge is 2.60. The smallest absolute Gasteiger partial charge is 0.282 e. The summed E-state index contributed by atoms with van der Waals surface area (Å²) in [5.74, 6) is 0.463. The Labute approximate surface area is 141 Å². The number of hydrogen-bond acceptors (Lipinski definition) is 3. The predicted molar refractivity (Wildman–Crippen MR) is 91.4 cm³/mol. The molecule has 3 aliphatic rings. The maximum absolute atomic E-state index is 13.1. The van der Waals surface area contributed by atoms with Crippen LogP contribution in [0.5, 0.6) is 0 Å². The second kappa shape index (κ2) is 6.62. The van der Waals surface area contributed by atoms with E-state index in [1.54, 1.807) is 15.7 Å². The van der Waals surface area contributed by atoms with Crippen LogP contribution in [0.1, 0.15) is 58.8 Å². The minimum absolute atomic E-state index is 0.0687. The molecule has 0 unspecified atom stereocenters. The normalized spacial score (nSPS) is 34.9. The summed E-state index contributed by atoms with van der Waals surface area (Å²) in [6.07, 6.45) is 7.84. The van der Waals surface area contributed by atoms with Crippen LogP contribution in [0.25, 0.3) is 0 Å². The summed E-state index contributed by atoms with van der Waals surface area (Å²) >= 11 is 0. The molecule has 3 fully saturated rings. The summed E-state index contributed by atoms with van der Waals surface area (Å²) in [6, 6.07) is 0.115. The van der Waals surface area contributed by atoms with Gasteiger partial charge in [0.05, 0.1) is 6.10 Å². The van der Waals surface area contributed by atoms with E-state index in [-0.39, 0.29) is 17.6 Å². The Hall–Kier alpha value is -0.170. The molecule has 2 saturated carbocycles. The lowest BCUT2D eigenvalue weighted by Gasteiger charge is -2.57. The highest BCUT2D eigenvalue weighted by molar-refractivity contribution is 7.86. The summed E-state index contributed by atoms with van der Waals surface area (Å²) in [7, 11) is -1.55. The van der Waals surface area contributed by atoms with Gasteiger partial charge in [0.1, 0.15) is 0 Å². The molecule has 0 bridgehead atoms. The van der Waals surface area contributed by atoms with Crippen molar-refractivity contribution in [2.75, 3.05) is 26.7 Å². The average molecular weight is 345 g/mol. The fraction of sp³-hybridized carbons (Fsp3) is 1.00. The number of rotatable bonds is 5. The van der Waals surface area contributed by atoms with Crippen molar-refractivity contribution < 1.29 is 13.2 Å². The van der Waals surface area contributed by atoms with E-state index in [9.17, 15) is 8.42 Å². The van der Waals surface area contributed by atoms with Crippen LogP contribution in [0.2, 0.25) is 0 Å². The zero-order valence-corrected chi connectivity index (χ0v) is 15.6. The van der Waals surface area contributed by atoms with Crippen molar-refractivity contribution in [3.8, 4) is 0 Å². The van der Waals surface area contributed by atoms with Crippen LogP contribution >= 0.6 is 0 Å². The summed E-state index contributed by atoms with van der Waals surface area (Å²) in [4.78, 5) is 0. The van der Waals surface area contributed by atoms with E-state index in [4.69, 9.17) is 4.74 Å². The Morgan fingerprint density at radius 3 is 2.57 bits per heavy atom. The molecular formula is C17H32N2O3S. The van der Waals surface area contributed by atoms with Gasteiger partial charge in [-0.05, 0) is 44.9 Å². The lowest BCUT2D eigenvalue weighted by Crippen LogP contribution is -2.65. The van der Waals surface area contributed by atoms with Crippen LogP contribution in [-0.4, -0.2) is 55.9 Å². The van der Waals surface area contributed by atoms with E-state index in [0.717, 1.165) is 38.7 Å². The first-order valence-corrected chi connectivity index (χ1v) is 10.7. The predicted octanol–water partition coefficient (Wildman–Crippen LogP) is 2.63. The topological polar surface area (TPSA) is 49.9 Å². The molecule has 1 aliphatic heterocycles. The first kappa shape index (κ1) is 17.6. The third-order valence-electron chi connectivity index (χ3n) is 6.39. The van der Waals surface area contributed by atoms with Crippen molar-refractivity contribution in [1.29, 1.82) is 0 Å². The zero-order chi connectivity index (χ0) is 16.7. The van der Waals surface area contributed by atoms with Gasteiger partial charge in [0.15, 0.2) is 0 Å². The maximum Gasteiger partial charge on any atom is 0.282 e. The zero-order valence-electron chi connectivity index (χ0n) is 14.8. The third kappa shape index (κ3) is 2.96. The Morgan fingerprint density at radius 2 is 1.96 bits per heavy atom. The van der Waals surface area contributed by atoms with Gasteiger partial charge >= 0.3 is 0 Å². The van der Waals surface area contributed by atoms with Gasteiger partial charge in [-0.2, -0.15) is 17.0 Å². The Bertz CT molecular complexity index is 516. The van der Waals surface area contributed by atoms with E-state index in [2.05, 4.69) is 6.92 Å². The molecule has 6 heteroatoms. The fourth-order valence-electron chi connectivity index (χ4n) is 5.06. The van der Waals surface area contributed by atoms with Crippen LogP contribution in [-0.2, 0) is 14.9 Å². The summed E-state index contributed by atoms with van der Waals surface area (Å²) < 4.78 is 35.5. The monoisotopic (exact) mass is 344 g/mol. The van der Waals surface area contributed by atoms with Crippen LogP contribution in [0.4, 0.5) is 0 Å². The maximum atomic E-state index is 13.1. The highest BCUT2D eigenvalue weighted by Crippen LogP contribution is 2.57. The second-order valence-corrected chi connectivity index (χ2v) is 9.75. The van der Waals surface area contributed by atoms with Gasteiger partial charge in [-0.25, -0.2) is 0 Å². The van der Waals surface area contributed by atoms with Crippen molar-refractivity contribution in [2.45, 2.75) is 70.9 Å². The van der Waals surface area contributed by atoms with E-state index < -0.39 is 10.2 Å². The third-order valence-corrected chi connectivity index (χ3v) is 8.36. The number of piperidine rings is 1. The Kier molecular flexibility index (Phi) is 5.08. The molecule has 134 valence electrons. The van der Waals surface area contributed by atoms with Gasteiger partial charge in [-0.1, -0.05) is 19.8 Å². The molecule has 0 aromatic carbocycles. The summed E-state index contributed by atoms with van der Waals surface area (Å²) in [6.45, 7) is 6.24. The number of nitrogens with zero attached hydrogens (tertiary/aromatic N) is 2. The molecule has 5 nitrogen and oxygen atoms in total. The van der Waals surface area contributed by atoms with Crippen molar-refractivity contribution in [3.63, 3.8) is 0 Å². The highest BCUT2D eigenvalue weighted by atomic mass is 32.2. The van der Waals surface area contributed by atoms with Crippen molar-refractivity contribution in [3.05, 3.63) is 0 Å². The Morgan fingerprint density at radius 1 is 1.26 bits per heavy atom. The molecule has 0 radical (unpaired) electrons. The van der Waals surface area contributed by atoms with E-state index >= 15 is 0 Å². The first-order valence-electron chi connectivity index (χ1n) is 9.26. The van der Waals surface area contributed by atoms with E-state index in [1.807, 2.05) is 6.92 Å². The van der Waals surface area contributed by atoms with Crippen LogP contribution < -0.4 is 0 Å². The number of ether oxygens (including phenoxy) is 1. The molecular weight excluding hydrogens is 312 g/mol. The Balaban J connectivity index is 1.75. The van der Waals surface area contributed by atoms with Gasteiger partial charge in [0, 0.05) is 38.2 Å². The van der Waals surface area contributed by atoms with Crippen molar-refractivity contribution in [1.82, 2.24) is 8.61 Å². The van der Waals surface area contributed by atoms with E-state index in [0.29, 0.717) is 19.0 Å². The molecule has 0 N–H and O–H groups in total. The SMILES string of the molecule is CCO[C@@H]1C[C@@H](N(C)S(=O)(=O)N2CCC[C@@H](C)C2)C12CCCC2. The second-order valence-electron chi connectivity index (χ2n) is 7.77. The van der Waals surface area contributed by atoms with Gasteiger partial charge in [0.25, 0.3) is 10.2 Å². The van der Waals surface area contributed by atoms with Gasteiger partial charge in [-0.15, -0.1) is 0 Å². The molecule has 1 heterocycles. The summed E-state index contributed by atoms with van der Waals surface area (Å²) in [5, 5.41) is 0. The molecule has 2 aliphatic carbocycles. The average Bonchev–Trinajstić information content (AvgIpc) is 3.03. The molecule has 3 rings (SSSR count). The molecule has 0 aromatic heterocycles. The number of hydrogen-bond donors (Lipinski definition) is 0. The van der Waals surface area contributed by atoms with Gasteiger partial charge in [-0.3, -0.25) is 0 Å². The fourth-order valence-corrected chi connectivity index (χ4v) is 6.84. The summed E-state index contributed by atoms with van der Waals surface area (Å²) in [5.41, 5.74) is 0.0687. The largest absolute Gasteiger partial charge is 0.378 e. The molecule has 1 spiro atoms.